The van der Waals surface area contributed by atoms with Crippen LogP contribution < -0.4 is 10.1 Å². The van der Waals surface area contributed by atoms with Crippen molar-refractivity contribution in [3.05, 3.63) is 59.1 Å². The van der Waals surface area contributed by atoms with E-state index in [9.17, 15) is 4.79 Å². The van der Waals surface area contributed by atoms with E-state index < -0.39 is 0 Å². The van der Waals surface area contributed by atoms with Crippen LogP contribution in [0.1, 0.15) is 5.56 Å². The predicted octanol–water partition coefficient (Wildman–Crippen LogP) is 3.17. The number of rotatable bonds is 5. The zero-order valence-electron chi connectivity index (χ0n) is 11.0. The Morgan fingerprint density at radius 2 is 2.05 bits per heavy atom. The van der Waals surface area contributed by atoms with E-state index in [0.717, 1.165) is 0 Å². The Labute approximate surface area is 126 Å². The highest BCUT2D eigenvalue weighted by molar-refractivity contribution is 6.30. The Hall–Kier alpha value is -2.53. The largest absolute Gasteiger partial charge is 0.484 e. The average molecular weight is 305 g/mol. The van der Waals surface area contributed by atoms with Crippen molar-refractivity contribution in [2.24, 2.45) is 5.16 Å². The van der Waals surface area contributed by atoms with Gasteiger partial charge >= 0.3 is 0 Å². The second-order valence-corrected chi connectivity index (χ2v) is 4.60. The maximum absolute atomic E-state index is 11.7. The molecule has 0 aliphatic rings. The number of nitrogens with zero attached hydrogens (tertiary/aromatic N) is 1. The number of oxime groups is 1. The number of carbonyl (C=O) groups excluding carboxylic acids is 1. The van der Waals surface area contributed by atoms with Crippen molar-refractivity contribution >= 4 is 29.4 Å². The van der Waals surface area contributed by atoms with Crippen LogP contribution in [0.2, 0.25) is 5.02 Å². The first-order valence-electron chi connectivity index (χ1n) is 6.13. The third-order valence-electron chi connectivity index (χ3n) is 2.56. The fraction of sp³-hybridized carbons (Fsp3) is 0.0667. The van der Waals surface area contributed by atoms with Gasteiger partial charge in [-0.25, -0.2) is 0 Å². The van der Waals surface area contributed by atoms with E-state index in [1.54, 1.807) is 48.5 Å². The summed E-state index contributed by atoms with van der Waals surface area (Å²) < 4.78 is 5.37. The van der Waals surface area contributed by atoms with E-state index in [2.05, 4.69) is 10.5 Å². The molecule has 2 aromatic rings. The van der Waals surface area contributed by atoms with Crippen LogP contribution >= 0.6 is 11.6 Å². The molecule has 2 aromatic carbocycles. The molecular weight excluding hydrogens is 292 g/mol. The second kappa shape index (κ2) is 7.31. The van der Waals surface area contributed by atoms with Crippen molar-refractivity contribution in [3.63, 3.8) is 0 Å². The molecule has 0 fully saturated rings. The van der Waals surface area contributed by atoms with Gasteiger partial charge < -0.3 is 15.3 Å². The standard InChI is InChI=1S/C15H13ClN2O3/c16-12-4-6-13(7-5-12)18-15(19)10-21-14-3-1-2-11(8-14)9-17-20/h1-9,20H,10H2,(H,18,19)/b17-9+. The lowest BCUT2D eigenvalue weighted by Crippen LogP contribution is -2.20. The third kappa shape index (κ3) is 4.81. The summed E-state index contributed by atoms with van der Waals surface area (Å²) in [6.45, 7) is -0.123. The van der Waals surface area contributed by atoms with Crippen LogP contribution in [-0.2, 0) is 4.79 Å². The Morgan fingerprint density at radius 1 is 1.29 bits per heavy atom. The Bertz CT molecular complexity index is 642. The van der Waals surface area contributed by atoms with E-state index in [-0.39, 0.29) is 12.5 Å². The van der Waals surface area contributed by atoms with Gasteiger partial charge in [-0.2, -0.15) is 0 Å². The predicted molar refractivity (Wildman–Crippen MR) is 81.4 cm³/mol. The molecule has 6 heteroatoms. The van der Waals surface area contributed by atoms with Crippen molar-refractivity contribution in [1.29, 1.82) is 0 Å². The molecule has 0 spiro atoms. The molecule has 0 saturated heterocycles. The van der Waals surface area contributed by atoms with E-state index in [0.29, 0.717) is 22.0 Å². The zero-order chi connectivity index (χ0) is 15.1. The van der Waals surface area contributed by atoms with Gasteiger partial charge in [0.2, 0.25) is 0 Å². The molecule has 108 valence electrons. The molecule has 0 aliphatic heterocycles. The summed E-state index contributed by atoms with van der Waals surface area (Å²) in [5.74, 6) is 0.234. The van der Waals surface area contributed by atoms with Crippen molar-refractivity contribution in [1.82, 2.24) is 0 Å². The highest BCUT2D eigenvalue weighted by atomic mass is 35.5. The van der Waals surface area contributed by atoms with Gasteiger partial charge in [-0.1, -0.05) is 28.9 Å². The fourth-order valence-corrected chi connectivity index (χ4v) is 1.76. The van der Waals surface area contributed by atoms with Crippen LogP contribution in [0.3, 0.4) is 0 Å². The summed E-state index contributed by atoms with van der Waals surface area (Å²) in [5.41, 5.74) is 1.32. The SMILES string of the molecule is O=C(COc1cccc(/C=N/O)c1)Nc1ccc(Cl)cc1. The molecule has 0 radical (unpaired) electrons. The van der Waals surface area contributed by atoms with Crippen LogP contribution in [0.5, 0.6) is 5.75 Å². The molecule has 2 rings (SSSR count). The zero-order valence-corrected chi connectivity index (χ0v) is 11.7. The van der Waals surface area contributed by atoms with Crippen LogP contribution in [0, 0.1) is 0 Å². The van der Waals surface area contributed by atoms with Gasteiger partial charge in [-0.3, -0.25) is 4.79 Å². The second-order valence-electron chi connectivity index (χ2n) is 4.16. The minimum absolute atomic E-state index is 0.123. The third-order valence-corrected chi connectivity index (χ3v) is 2.81. The molecule has 0 aromatic heterocycles. The number of hydrogen-bond donors (Lipinski definition) is 2. The van der Waals surface area contributed by atoms with Crippen molar-refractivity contribution in [2.45, 2.75) is 0 Å². The summed E-state index contributed by atoms with van der Waals surface area (Å²) in [5, 5.41) is 14.7. The topological polar surface area (TPSA) is 70.9 Å². The summed E-state index contributed by atoms with van der Waals surface area (Å²) in [6.07, 6.45) is 1.28. The smallest absolute Gasteiger partial charge is 0.262 e. The van der Waals surface area contributed by atoms with E-state index >= 15 is 0 Å². The highest BCUT2D eigenvalue weighted by Crippen LogP contribution is 2.14. The number of anilines is 1. The minimum Gasteiger partial charge on any atom is -0.484 e. The number of nitrogens with one attached hydrogen (secondary N) is 1. The lowest BCUT2D eigenvalue weighted by molar-refractivity contribution is -0.118. The molecule has 0 bridgehead atoms. The molecule has 21 heavy (non-hydrogen) atoms. The van der Waals surface area contributed by atoms with Gasteiger partial charge in [0.1, 0.15) is 5.75 Å². The van der Waals surface area contributed by atoms with Crippen molar-refractivity contribution in [2.75, 3.05) is 11.9 Å². The number of hydrogen-bond acceptors (Lipinski definition) is 4. The van der Waals surface area contributed by atoms with Gasteiger partial charge in [0.05, 0.1) is 6.21 Å². The van der Waals surface area contributed by atoms with Crippen LogP contribution in [0.25, 0.3) is 0 Å². The van der Waals surface area contributed by atoms with Crippen LogP contribution in [0.4, 0.5) is 5.69 Å². The van der Waals surface area contributed by atoms with E-state index in [1.807, 2.05) is 0 Å². The Kier molecular flexibility index (Phi) is 5.17. The van der Waals surface area contributed by atoms with Gasteiger partial charge in [-0.15, -0.1) is 0 Å². The Balaban J connectivity index is 1.89. The minimum atomic E-state index is -0.279. The van der Waals surface area contributed by atoms with Gasteiger partial charge in [-0.05, 0) is 42.0 Å². The molecule has 2 N–H and O–H groups in total. The van der Waals surface area contributed by atoms with Crippen LogP contribution in [-0.4, -0.2) is 23.9 Å². The molecule has 0 unspecified atom stereocenters. The average Bonchev–Trinajstić information content (AvgIpc) is 2.48. The lowest BCUT2D eigenvalue weighted by atomic mass is 10.2. The first-order chi connectivity index (χ1) is 10.2. The summed E-state index contributed by atoms with van der Waals surface area (Å²) >= 11 is 5.76. The highest BCUT2D eigenvalue weighted by Gasteiger charge is 2.04. The number of ether oxygens (including phenoxy) is 1. The summed E-state index contributed by atoms with van der Waals surface area (Å²) in [7, 11) is 0. The van der Waals surface area contributed by atoms with Crippen molar-refractivity contribution < 1.29 is 14.7 Å². The van der Waals surface area contributed by atoms with Crippen molar-refractivity contribution in [3.8, 4) is 5.75 Å². The molecule has 0 heterocycles. The molecule has 5 nitrogen and oxygen atoms in total. The lowest BCUT2D eigenvalue weighted by Gasteiger charge is -2.08. The molecule has 0 saturated carbocycles. The first kappa shape index (κ1) is 14.9. The summed E-state index contributed by atoms with van der Waals surface area (Å²) in [4.78, 5) is 11.7. The van der Waals surface area contributed by atoms with Gasteiger partial charge in [0.15, 0.2) is 6.61 Å². The number of halogens is 1. The van der Waals surface area contributed by atoms with Crippen LogP contribution in [0.15, 0.2) is 53.7 Å². The van der Waals surface area contributed by atoms with Gasteiger partial charge in [0, 0.05) is 10.7 Å². The fourth-order valence-electron chi connectivity index (χ4n) is 1.63. The van der Waals surface area contributed by atoms with E-state index in [4.69, 9.17) is 21.5 Å². The maximum Gasteiger partial charge on any atom is 0.262 e. The molecule has 0 aliphatic carbocycles. The van der Waals surface area contributed by atoms with Gasteiger partial charge in [0.25, 0.3) is 5.91 Å². The number of carbonyl (C=O) groups is 1. The normalized spacial score (nSPS) is 10.5. The maximum atomic E-state index is 11.7. The summed E-state index contributed by atoms with van der Waals surface area (Å²) in [6, 6.07) is 13.7. The molecule has 0 atom stereocenters. The van der Waals surface area contributed by atoms with E-state index in [1.165, 1.54) is 6.21 Å². The molecule has 1 amide bonds. The number of benzene rings is 2. The molecular formula is C15H13ClN2O3. The monoisotopic (exact) mass is 304 g/mol. The first-order valence-corrected chi connectivity index (χ1v) is 6.51. The Morgan fingerprint density at radius 3 is 2.76 bits per heavy atom. The number of amides is 1. The quantitative estimate of drug-likeness (QED) is 0.506.